The van der Waals surface area contributed by atoms with Crippen molar-refractivity contribution in [1.82, 2.24) is 0 Å². The van der Waals surface area contributed by atoms with Crippen molar-refractivity contribution in [3.8, 4) is 0 Å². The summed E-state index contributed by atoms with van der Waals surface area (Å²) in [6, 6.07) is 6.85. The second-order valence-electron chi connectivity index (χ2n) is 6.70. The van der Waals surface area contributed by atoms with Gasteiger partial charge in [-0.25, -0.2) is 0 Å². The first-order valence-electron chi connectivity index (χ1n) is 7.38. The van der Waals surface area contributed by atoms with E-state index in [4.69, 9.17) is 0 Å². The van der Waals surface area contributed by atoms with Crippen LogP contribution in [0, 0.1) is 0 Å². The third-order valence-corrected chi connectivity index (χ3v) is 11.3. The van der Waals surface area contributed by atoms with Gasteiger partial charge in [0.25, 0.3) is 0 Å². The highest BCUT2D eigenvalue weighted by atomic mass is 79.9. The number of halogens is 1. The van der Waals surface area contributed by atoms with E-state index >= 15 is 0 Å². The summed E-state index contributed by atoms with van der Waals surface area (Å²) in [5, 5.41) is 0. The monoisotopic (exact) mass is 322 g/mol. The zero-order valence-electron chi connectivity index (χ0n) is 11.5. The van der Waals surface area contributed by atoms with Gasteiger partial charge in [-0.3, -0.25) is 0 Å². The number of hydrogen-bond donors (Lipinski definition) is 0. The van der Waals surface area contributed by atoms with Crippen molar-refractivity contribution in [2.45, 2.75) is 62.7 Å². The molecule has 0 bridgehead atoms. The molecule has 0 N–H and O–H groups in total. The normalized spacial score (nSPS) is 24.5. The molecule has 1 fully saturated rings. The number of rotatable bonds is 2. The van der Waals surface area contributed by atoms with Crippen LogP contribution in [0.3, 0.4) is 0 Å². The Balaban J connectivity index is 1.93. The second-order valence-corrected chi connectivity index (χ2v) is 12.7. The Hall–Kier alpha value is -0.0831. The Bertz CT molecular complexity index is 446. The molecule has 0 amide bonds. The smallest absolute Gasteiger partial charge is 0.0582 e. The third kappa shape index (κ3) is 2.02. The molecule has 0 spiro atoms. The Kier molecular flexibility index (Phi) is 3.44. The van der Waals surface area contributed by atoms with Crippen molar-refractivity contribution in [1.29, 1.82) is 0 Å². The zero-order chi connectivity index (χ0) is 12.8. The molecule has 0 radical (unpaired) electrons. The van der Waals surface area contributed by atoms with Crippen LogP contribution in [-0.4, -0.2) is 8.07 Å². The van der Waals surface area contributed by atoms with Gasteiger partial charge in [-0.1, -0.05) is 66.8 Å². The largest absolute Gasteiger partial charge is 0.0687 e. The summed E-state index contributed by atoms with van der Waals surface area (Å²) in [7, 11) is -1.13. The maximum absolute atomic E-state index is 3.74. The van der Waals surface area contributed by atoms with Crippen LogP contribution < -0.4 is 0 Å². The molecule has 0 saturated heterocycles. The maximum Gasteiger partial charge on any atom is 0.0582 e. The Morgan fingerprint density at radius 2 is 1.83 bits per heavy atom. The lowest BCUT2D eigenvalue weighted by Gasteiger charge is -2.36. The van der Waals surface area contributed by atoms with Gasteiger partial charge < -0.3 is 0 Å². The minimum absolute atomic E-state index is 0.910. The van der Waals surface area contributed by atoms with Crippen LogP contribution >= 0.6 is 15.9 Å². The van der Waals surface area contributed by atoms with Crippen molar-refractivity contribution >= 4 is 24.0 Å². The standard InChI is InChI=1S/C16H23BrSi/c1-18(2,12-6-3-4-7-12)16-11-10-13-14(16)8-5-9-15(13)17/h5,8-9,12,16H,3-4,6-7,10-11H2,1-2H3. The van der Waals surface area contributed by atoms with Crippen molar-refractivity contribution in [3.63, 3.8) is 0 Å². The summed E-state index contributed by atoms with van der Waals surface area (Å²) in [5.41, 5.74) is 5.29. The number of hydrogen-bond acceptors (Lipinski definition) is 0. The average molecular weight is 323 g/mol. The molecular formula is C16H23BrSi. The van der Waals surface area contributed by atoms with Gasteiger partial charge in [0, 0.05) is 4.47 Å². The van der Waals surface area contributed by atoms with Gasteiger partial charge in [0.15, 0.2) is 0 Å². The quantitative estimate of drug-likeness (QED) is 0.615. The maximum atomic E-state index is 3.74. The second kappa shape index (κ2) is 4.79. The lowest BCUT2D eigenvalue weighted by atomic mass is 10.1. The minimum atomic E-state index is -1.13. The number of fused-ring (bicyclic) bond motifs is 1. The molecule has 1 unspecified atom stereocenters. The third-order valence-electron chi connectivity index (χ3n) is 5.52. The minimum Gasteiger partial charge on any atom is -0.0687 e. The Morgan fingerprint density at radius 3 is 2.56 bits per heavy atom. The molecule has 0 nitrogen and oxygen atoms in total. The number of benzene rings is 1. The van der Waals surface area contributed by atoms with E-state index in [1.54, 1.807) is 11.1 Å². The molecule has 98 valence electrons. The topological polar surface area (TPSA) is 0 Å². The van der Waals surface area contributed by atoms with Gasteiger partial charge in [-0.2, -0.15) is 0 Å². The van der Waals surface area contributed by atoms with Gasteiger partial charge in [-0.05, 0) is 41.1 Å². The lowest BCUT2D eigenvalue weighted by Crippen LogP contribution is -2.38. The SMILES string of the molecule is C[Si](C)(C1CCCC1)C1CCc2c(Br)cccc21. The molecule has 18 heavy (non-hydrogen) atoms. The van der Waals surface area contributed by atoms with E-state index in [9.17, 15) is 0 Å². The first kappa shape index (κ1) is 12.9. The predicted molar refractivity (Wildman–Crippen MR) is 84.9 cm³/mol. The van der Waals surface area contributed by atoms with E-state index in [0.29, 0.717) is 0 Å². The first-order chi connectivity index (χ1) is 8.60. The highest BCUT2D eigenvalue weighted by Crippen LogP contribution is 2.50. The van der Waals surface area contributed by atoms with E-state index in [1.807, 2.05) is 0 Å². The van der Waals surface area contributed by atoms with Crippen LogP contribution in [-0.2, 0) is 6.42 Å². The van der Waals surface area contributed by atoms with Crippen LogP contribution in [0.5, 0.6) is 0 Å². The van der Waals surface area contributed by atoms with Gasteiger partial charge in [0.05, 0.1) is 8.07 Å². The van der Waals surface area contributed by atoms with E-state index in [2.05, 4.69) is 47.2 Å². The highest BCUT2D eigenvalue weighted by molar-refractivity contribution is 9.10. The molecule has 1 saturated carbocycles. The molecule has 1 atom stereocenters. The van der Waals surface area contributed by atoms with Crippen molar-refractivity contribution in [2.75, 3.05) is 0 Å². The lowest BCUT2D eigenvalue weighted by molar-refractivity contribution is 0.762. The van der Waals surface area contributed by atoms with Crippen LogP contribution in [0.15, 0.2) is 22.7 Å². The summed E-state index contributed by atoms with van der Waals surface area (Å²) < 4.78 is 1.35. The first-order valence-corrected chi connectivity index (χ1v) is 11.3. The molecule has 2 aliphatic rings. The highest BCUT2D eigenvalue weighted by Gasteiger charge is 2.43. The van der Waals surface area contributed by atoms with E-state index in [-0.39, 0.29) is 0 Å². The molecule has 1 aromatic carbocycles. The van der Waals surface area contributed by atoms with Gasteiger partial charge >= 0.3 is 0 Å². The van der Waals surface area contributed by atoms with Crippen LogP contribution in [0.1, 0.15) is 48.8 Å². The Morgan fingerprint density at radius 1 is 1.11 bits per heavy atom. The van der Waals surface area contributed by atoms with E-state index in [0.717, 1.165) is 11.1 Å². The van der Waals surface area contributed by atoms with Crippen LogP contribution in [0.25, 0.3) is 0 Å². The summed E-state index contributed by atoms with van der Waals surface area (Å²) >= 11 is 3.74. The fourth-order valence-electron chi connectivity index (χ4n) is 4.34. The molecule has 1 aromatic rings. The summed E-state index contributed by atoms with van der Waals surface area (Å²) in [4.78, 5) is 0. The molecule has 0 aliphatic heterocycles. The van der Waals surface area contributed by atoms with Crippen molar-refractivity contribution in [2.24, 2.45) is 0 Å². The van der Waals surface area contributed by atoms with E-state index < -0.39 is 8.07 Å². The van der Waals surface area contributed by atoms with Gasteiger partial charge in [-0.15, -0.1) is 0 Å². The predicted octanol–water partition coefficient (Wildman–Crippen LogP) is 5.67. The molecule has 0 aromatic heterocycles. The molecule has 2 heteroatoms. The summed E-state index contributed by atoms with van der Waals surface area (Å²) in [6.07, 6.45) is 8.70. The molecular weight excluding hydrogens is 300 g/mol. The molecule has 0 heterocycles. The Labute approximate surface area is 120 Å². The fraction of sp³-hybridized carbons (Fsp3) is 0.625. The average Bonchev–Trinajstić information content (AvgIpc) is 2.99. The molecule has 2 aliphatic carbocycles. The summed E-state index contributed by atoms with van der Waals surface area (Å²) in [5.74, 6) is 0. The van der Waals surface area contributed by atoms with Gasteiger partial charge in [0.1, 0.15) is 0 Å². The van der Waals surface area contributed by atoms with Crippen LogP contribution in [0.2, 0.25) is 18.6 Å². The van der Waals surface area contributed by atoms with Gasteiger partial charge in [0.2, 0.25) is 0 Å². The van der Waals surface area contributed by atoms with E-state index in [1.165, 1.54) is 43.0 Å². The molecule has 3 rings (SSSR count). The van der Waals surface area contributed by atoms with Crippen LogP contribution in [0.4, 0.5) is 0 Å². The summed E-state index contributed by atoms with van der Waals surface area (Å²) in [6.45, 7) is 5.31. The van der Waals surface area contributed by atoms with Crippen molar-refractivity contribution < 1.29 is 0 Å². The fourth-order valence-corrected chi connectivity index (χ4v) is 9.34. The zero-order valence-corrected chi connectivity index (χ0v) is 14.1. The van der Waals surface area contributed by atoms with Crippen molar-refractivity contribution in [3.05, 3.63) is 33.8 Å².